The van der Waals surface area contributed by atoms with Crippen LogP contribution < -0.4 is 5.73 Å². The molecule has 4 heteroatoms. The SMILES string of the molecule is Cc1cccc2oc(-c3c(N)cccc3Cl)nc12. The molecule has 2 aromatic carbocycles. The van der Waals surface area contributed by atoms with Gasteiger partial charge in [0.1, 0.15) is 5.52 Å². The van der Waals surface area contributed by atoms with E-state index in [1.54, 1.807) is 18.2 Å². The first-order valence-electron chi connectivity index (χ1n) is 5.57. The van der Waals surface area contributed by atoms with Gasteiger partial charge in [0.2, 0.25) is 5.89 Å². The van der Waals surface area contributed by atoms with Gasteiger partial charge in [-0.1, -0.05) is 29.8 Å². The second-order valence-electron chi connectivity index (χ2n) is 4.14. The summed E-state index contributed by atoms with van der Waals surface area (Å²) >= 11 is 6.15. The van der Waals surface area contributed by atoms with Crippen molar-refractivity contribution in [3.8, 4) is 11.5 Å². The van der Waals surface area contributed by atoms with Crippen molar-refractivity contribution in [3.63, 3.8) is 0 Å². The number of para-hydroxylation sites is 1. The molecule has 0 atom stereocenters. The van der Waals surface area contributed by atoms with Gasteiger partial charge in [0.05, 0.1) is 10.6 Å². The van der Waals surface area contributed by atoms with E-state index in [9.17, 15) is 0 Å². The van der Waals surface area contributed by atoms with E-state index in [2.05, 4.69) is 4.98 Å². The number of hydrogen-bond acceptors (Lipinski definition) is 3. The molecule has 18 heavy (non-hydrogen) atoms. The standard InChI is InChI=1S/C14H11ClN2O/c1-8-4-2-7-11-13(8)17-14(18-11)12-9(15)5-3-6-10(12)16/h2-7H,16H2,1H3. The van der Waals surface area contributed by atoms with Crippen molar-refractivity contribution in [2.45, 2.75) is 6.92 Å². The minimum absolute atomic E-state index is 0.461. The average Bonchev–Trinajstić information content (AvgIpc) is 2.74. The zero-order valence-electron chi connectivity index (χ0n) is 9.77. The molecule has 0 saturated carbocycles. The molecule has 0 aliphatic rings. The van der Waals surface area contributed by atoms with E-state index < -0.39 is 0 Å². The summed E-state index contributed by atoms with van der Waals surface area (Å²) < 4.78 is 5.72. The van der Waals surface area contributed by atoms with Crippen LogP contribution in [0.25, 0.3) is 22.6 Å². The van der Waals surface area contributed by atoms with E-state index in [-0.39, 0.29) is 0 Å². The van der Waals surface area contributed by atoms with Crippen LogP contribution in [0.4, 0.5) is 5.69 Å². The van der Waals surface area contributed by atoms with Gasteiger partial charge in [-0.2, -0.15) is 0 Å². The monoisotopic (exact) mass is 258 g/mol. The molecule has 0 unspecified atom stereocenters. The van der Waals surface area contributed by atoms with Gasteiger partial charge in [-0.15, -0.1) is 0 Å². The van der Waals surface area contributed by atoms with Gasteiger partial charge >= 0.3 is 0 Å². The zero-order valence-corrected chi connectivity index (χ0v) is 10.5. The van der Waals surface area contributed by atoms with Crippen LogP contribution in [0, 0.1) is 6.92 Å². The molecule has 3 rings (SSSR count). The first kappa shape index (κ1) is 11.1. The van der Waals surface area contributed by atoms with Gasteiger partial charge in [0, 0.05) is 5.69 Å². The smallest absolute Gasteiger partial charge is 0.230 e. The first-order valence-corrected chi connectivity index (χ1v) is 5.95. The van der Waals surface area contributed by atoms with Gasteiger partial charge < -0.3 is 10.2 Å². The van der Waals surface area contributed by atoms with E-state index in [1.807, 2.05) is 25.1 Å². The zero-order chi connectivity index (χ0) is 12.7. The van der Waals surface area contributed by atoms with Crippen LogP contribution in [-0.2, 0) is 0 Å². The Hall–Kier alpha value is -2.00. The fourth-order valence-corrected chi connectivity index (χ4v) is 2.22. The van der Waals surface area contributed by atoms with E-state index in [4.69, 9.17) is 21.8 Å². The van der Waals surface area contributed by atoms with Crippen molar-refractivity contribution in [2.24, 2.45) is 0 Å². The molecule has 3 aromatic rings. The molecule has 0 amide bonds. The lowest BCUT2D eigenvalue weighted by Crippen LogP contribution is -1.90. The van der Waals surface area contributed by atoms with E-state index in [0.29, 0.717) is 22.2 Å². The normalized spacial score (nSPS) is 11.0. The maximum Gasteiger partial charge on any atom is 0.230 e. The number of nitrogens with zero attached hydrogens (tertiary/aromatic N) is 1. The highest BCUT2D eigenvalue weighted by molar-refractivity contribution is 6.33. The fourth-order valence-electron chi connectivity index (χ4n) is 1.96. The van der Waals surface area contributed by atoms with E-state index in [0.717, 1.165) is 16.7 Å². The van der Waals surface area contributed by atoms with Crippen molar-refractivity contribution >= 4 is 28.4 Å². The summed E-state index contributed by atoms with van der Waals surface area (Å²) in [6.07, 6.45) is 0. The third-order valence-corrected chi connectivity index (χ3v) is 3.20. The maximum atomic E-state index is 6.15. The summed E-state index contributed by atoms with van der Waals surface area (Å²) in [7, 11) is 0. The number of halogens is 1. The number of hydrogen-bond donors (Lipinski definition) is 1. The van der Waals surface area contributed by atoms with Crippen molar-refractivity contribution in [2.75, 3.05) is 5.73 Å². The predicted octanol–water partition coefficient (Wildman–Crippen LogP) is 4.04. The molecule has 0 saturated heterocycles. The van der Waals surface area contributed by atoms with Crippen LogP contribution in [0.2, 0.25) is 5.02 Å². The predicted molar refractivity (Wildman–Crippen MR) is 73.6 cm³/mol. The van der Waals surface area contributed by atoms with Gasteiger partial charge in [-0.05, 0) is 30.7 Å². The molecule has 0 spiro atoms. The Morgan fingerprint density at radius 2 is 1.94 bits per heavy atom. The second kappa shape index (κ2) is 4.03. The minimum Gasteiger partial charge on any atom is -0.436 e. The average molecular weight is 259 g/mol. The summed E-state index contributed by atoms with van der Waals surface area (Å²) in [6.45, 7) is 1.99. The Kier molecular flexibility index (Phi) is 2.49. The van der Waals surface area contributed by atoms with Crippen LogP contribution in [-0.4, -0.2) is 4.98 Å². The van der Waals surface area contributed by atoms with Crippen LogP contribution in [0.15, 0.2) is 40.8 Å². The van der Waals surface area contributed by atoms with Crippen molar-refractivity contribution in [1.29, 1.82) is 0 Å². The largest absolute Gasteiger partial charge is 0.436 e. The molecular formula is C14H11ClN2O. The number of fused-ring (bicyclic) bond motifs is 1. The molecule has 0 radical (unpaired) electrons. The van der Waals surface area contributed by atoms with Gasteiger partial charge in [-0.25, -0.2) is 4.98 Å². The maximum absolute atomic E-state index is 6.15. The van der Waals surface area contributed by atoms with Gasteiger partial charge in [0.15, 0.2) is 5.58 Å². The first-order chi connectivity index (χ1) is 8.66. The van der Waals surface area contributed by atoms with Crippen molar-refractivity contribution in [3.05, 3.63) is 47.0 Å². The summed E-state index contributed by atoms with van der Waals surface area (Å²) in [5.74, 6) is 0.461. The highest BCUT2D eigenvalue weighted by atomic mass is 35.5. The van der Waals surface area contributed by atoms with Crippen LogP contribution in [0.1, 0.15) is 5.56 Å². The topological polar surface area (TPSA) is 52.0 Å². The summed E-state index contributed by atoms with van der Waals surface area (Å²) in [4.78, 5) is 4.47. The third-order valence-electron chi connectivity index (χ3n) is 2.88. The molecule has 0 aliphatic carbocycles. The quantitative estimate of drug-likeness (QED) is 0.670. The van der Waals surface area contributed by atoms with E-state index in [1.165, 1.54) is 0 Å². The molecule has 2 N–H and O–H groups in total. The Balaban J connectivity index is 2.30. The number of anilines is 1. The highest BCUT2D eigenvalue weighted by Gasteiger charge is 2.15. The summed E-state index contributed by atoms with van der Waals surface area (Å²) in [6, 6.07) is 11.2. The number of aromatic nitrogens is 1. The molecule has 1 heterocycles. The van der Waals surface area contributed by atoms with Crippen molar-refractivity contribution in [1.82, 2.24) is 4.98 Å². The molecule has 0 bridgehead atoms. The van der Waals surface area contributed by atoms with Gasteiger partial charge in [-0.3, -0.25) is 0 Å². The Morgan fingerprint density at radius 1 is 1.17 bits per heavy atom. The highest BCUT2D eigenvalue weighted by Crippen LogP contribution is 2.34. The number of benzene rings is 2. The molecule has 90 valence electrons. The number of nitrogens with two attached hydrogens (primary N) is 1. The lowest BCUT2D eigenvalue weighted by atomic mass is 10.2. The lowest BCUT2D eigenvalue weighted by Gasteiger charge is -2.02. The Labute approximate surface area is 109 Å². The van der Waals surface area contributed by atoms with E-state index >= 15 is 0 Å². The minimum atomic E-state index is 0.461. The second-order valence-corrected chi connectivity index (χ2v) is 4.55. The summed E-state index contributed by atoms with van der Waals surface area (Å²) in [5, 5.41) is 0.541. The molecule has 1 aromatic heterocycles. The molecule has 0 aliphatic heterocycles. The number of nitrogen functional groups attached to an aromatic ring is 1. The van der Waals surface area contributed by atoms with Crippen LogP contribution in [0.5, 0.6) is 0 Å². The van der Waals surface area contributed by atoms with Gasteiger partial charge in [0.25, 0.3) is 0 Å². The summed E-state index contributed by atoms with van der Waals surface area (Å²) in [5.41, 5.74) is 9.78. The Morgan fingerprint density at radius 3 is 2.67 bits per heavy atom. The van der Waals surface area contributed by atoms with Crippen LogP contribution in [0.3, 0.4) is 0 Å². The number of aryl methyl sites for hydroxylation is 1. The molecule has 0 fully saturated rings. The molecule has 3 nitrogen and oxygen atoms in total. The lowest BCUT2D eigenvalue weighted by molar-refractivity contribution is 0.620. The molecular weight excluding hydrogens is 248 g/mol. The van der Waals surface area contributed by atoms with Crippen molar-refractivity contribution < 1.29 is 4.42 Å². The third kappa shape index (κ3) is 1.64. The Bertz CT molecular complexity index is 713. The number of rotatable bonds is 1. The number of oxazole rings is 1. The fraction of sp³-hybridized carbons (Fsp3) is 0.0714. The van der Waals surface area contributed by atoms with Crippen LogP contribution >= 0.6 is 11.6 Å².